The van der Waals surface area contributed by atoms with Crippen molar-refractivity contribution >= 4 is 33.8 Å². The molecule has 0 bridgehead atoms. The third-order valence-electron chi connectivity index (χ3n) is 3.29. The zero-order chi connectivity index (χ0) is 14.9. The maximum absolute atomic E-state index is 9.58. The molecule has 0 N–H and O–H groups in total. The Balaban J connectivity index is 2.82. The number of hydrogen-bond donors (Lipinski definition) is 0. The molecule has 0 saturated heterocycles. The maximum atomic E-state index is 9.58. The molecule has 0 aromatic carbocycles. The number of nitriles is 2. The summed E-state index contributed by atoms with van der Waals surface area (Å²) in [7, 11) is 0. The van der Waals surface area contributed by atoms with Gasteiger partial charge in [-0.25, -0.2) is 0 Å². The molecule has 0 saturated carbocycles. The topological polar surface area (TPSA) is 47.6 Å². The highest BCUT2D eigenvalue weighted by molar-refractivity contribution is 7.10. The van der Waals surface area contributed by atoms with E-state index in [1.165, 1.54) is 0 Å². The van der Waals surface area contributed by atoms with Crippen molar-refractivity contribution in [2.45, 2.75) is 27.7 Å². The monoisotopic (exact) mass is 298 g/mol. The van der Waals surface area contributed by atoms with E-state index in [1.54, 1.807) is 22.7 Å². The SMILES string of the molecule is Cc1csc(C)c1/C(C#N)=C(/C#N)c1c(C)csc1C. The second-order valence-corrected chi connectivity index (χ2v) is 6.84. The molecule has 0 unspecified atom stereocenters. The highest BCUT2D eigenvalue weighted by Gasteiger charge is 2.20. The minimum Gasteiger partial charge on any atom is -0.192 e. The summed E-state index contributed by atoms with van der Waals surface area (Å²) < 4.78 is 0. The van der Waals surface area contributed by atoms with Gasteiger partial charge in [0.05, 0.1) is 11.1 Å². The molecule has 2 aromatic heterocycles. The maximum Gasteiger partial charge on any atom is 0.101 e. The standard InChI is InChI=1S/C16H14N2S2/c1-9-7-19-11(3)15(9)13(5-17)14(6-18)16-10(2)8-20-12(16)4/h7-8H,1-4H3/b14-13-. The van der Waals surface area contributed by atoms with Crippen LogP contribution in [-0.2, 0) is 0 Å². The molecule has 0 amide bonds. The van der Waals surface area contributed by atoms with Gasteiger partial charge in [0, 0.05) is 20.9 Å². The summed E-state index contributed by atoms with van der Waals surface area (Å²) in [6.45, 7) is 7.95. The lowest BCUT2D eigenvalue weighted by molar-refractivity contribution is 1.41. The molecular weight excluding hydrogens is 284 g/mol. The van der Waals surface area contributed by atoms with E-state index in [2.05, 4.69) is 12.1 Å². The molecule has 0 spiro atoms. The lowest BCUT2D eigenvalue weighted by Crippen LogP contribution is -1.93. The van der Waals surface area contributed by atoms with E-state index in [4.69, 9.17) is 0 Å². The molecule has 0 aliphatic carbocycles. The Bertz CT molecular complexity index is 671. The van der Waals surface area contributed by atoms with E-state index in [0.717, 1.165) is 32.0 Å². The van der Waals surface area contributed by atoms with Gasteiger partial charge in [-0.15, -0.1) is 22.7 Å². The largest absolute Gasteiger partial charge is 0.192 e. The van der Waals surface area contributed by atoms with Crippen LogP contribution in [0.5, 0.6) is 0 Å². The molecule has 0 fully saturated rings. The molecule has 4 heteroatoms. The predicted octanol–water partition coefficient (Wildman–Crippen LogP) is 5.00. The van der Waals surface area contributed by atoms with Crippen LogP contribution in [0, 0.1) is 50.4 Å². The lowest BCUT2D eigenvalue weighted by Gasteiger charge is -2.06. The van der Waals surface area contributed by atoms with E-state index in [1.807, 2.05) is 38.5 Å². The third kappa shape index (κ3) is 2.29. The average molecular weight is 298 g/mol. The number of nitrogens with zero attached hydrogens (tertiary/aromatic N) is 2. The smallest absolute Gasteiger partial charge is 0.101 e. The summed E-state index contributed by atoms with van der Waals surface area (Å²) in [5, 5.41) is 23.2. The quantitative estimate of drug-likeness (QED) is 0.732. The van der Waals surface area contributed by atoms with Crippen molar-refractivity contribution < 1.29 is 0 Å². The molecule has 2 nitrogen and oxygen atoms in total. The molecule has 2 aromatic rings. The lowest BCUT2D eigenvalue weighted by atomic mass is 9.93. The molecule has 0 radical (unpaired) electrons. The summed E-state index contributed by atoms with van der Waals surface area (Å²) in [5.74, 6) is 0. The van der Waals surface area contributed by atoms with Gasteiger partial charge in [-0.05, 0) is 49.6 Å². The van der Waals surface area contributed by atoms with Crippen LogP contribution in [0.3, 0.4) is 0 Å². The first-order valence-electron chi connectivity index (χ1n) is 6.15. The molecule has 0 aliphatic heterocycles. The van der Waals surface area contributed by atoms with Crippen molar-refractivity contribution in [1.29, 1.82) is 10.5 Å². The first-order chi connectivity index (χ1) is 9.51. The van der Waals surface area contributed by atoms with Crippen LogP contribution in [0.2, 0.25) is 0 Å². The van der Waals surface area contributed by atoms with Crippen molar-refractivity contribution in [3.05, 3.63) is 42.8 Å². The Labute approximate surface area is 127 Å². The predicted molar refractivity (Wildman–Crippen MR) is 85.6 cm³/mol. The normalized spacial score (nSPS) is 11.7. The van der Waals surface area contributed by atoms with Crippen LogP contribution >= 0.6 is 22.7 Å². The number of hydrogen-bond acceptors (Lipinski definition) is 4. The molecule has 100 valence electrons. The minimum atomic E-state index is 0.494. The molecule has 2 heterocycles. The van der Waals surface area contributed by atoms with Gasteiger partial charge in [0.2, 0.25) is 0 Å². The molecule has 20 heavy (non-hydrogen) atoms. The Morgan fingerprint density at radius 2 is 1.15 bits per heavy atom. The fourth-order valence-electron chi connectivity index (χ4n) is 2.36. The molecular formula is C16H14N2S2. The highest BCUT2D eigenvalue weighted by atomic mass is 32.1. The summed E-state index contributed by atoms with van der Waals surface area (Å²) in [5.41, 5.74) is 4.93. The number of thiophene rings is 2. The summed E-state index contributed by atoms with van der Waals surface area (Å²) >= 11 is 3.23. The summed E-state index contributed by atoms with van der Waals surface area (Å²) in [6, 6.07) is 4.50. The van der Waals surface area contributed by atoms with Crippen molar-refractivity contribution in [2.75, 3.05) is 0 Å². The fourth-order valence-corrected chi connectivity index (χ4v) is 4.07. The van der Waals surface area contributed by atoms with Gasteiger partial charge in [-0.1, -0.05) is 0 Å². The van der Waals surface area contributed by atoms with Gasteiger partial charge in [0.25, 0.3) is 0 Å². The van der Waals surface area contributed by atoms with Gasteiger partial charge in [0.1, 0.15) is 12.1 Å². The van der Waals surface area contributed by atoms with Gasteiger partial charge in [0.15, 0.2) is 0 Å². The summed E-state index contributed by atoms with van der Waals surface area (Å²) in [6.07, 6.45) is 0. The Morgan fingerprint density at radius 1 is 0.800 bits per heavy atom. The van der Waals surface area contributed by atoms with Crippen LogP contribution in [0.25, 0.3) is 11.1 Å². The average Bonchev–Trinajstić information content (AvgIpc) is 2.92. The van der Waals surface area contributed by atoms with E-state index in [9.17, 15) is 10.5 Å². The van der Waals surface area contributed by atoms with Crippen molar-refractivity contribution in [3.63, 3.8) is 0 Å². The number of aryl methyl sites for hydroxylation is 4. The van der Waals surface area contributed by atoms with Gasteiger partial charge in [-0.3, -0.25) is 0 Å². The Morgan fingerprint density at radius 3 is 1.35 bits per heavy atom. The second kappa shape index (κ2) is 5.63. The van der Waals surface area contributed by atoms with Gasteiger partial charge < -0.3 is 0 Å². The third-order valence-corrected chi connectivity index (χ3v) is 5.35. The van der Waals surface area contributed by atoms with Gasteiger partial charge >= 0.3 is 0 Å². The molecule has 0 atom stereocenters. The van der Waals surface area contributed by atoms with Crippen LogP contribution in [0.4, 0.5) is 0 Å². The van der Waals surface area contributed by atoms with E-state index in [0.29, 0.717) is 11.1 Å². The zero-order valence-corrected chi connectivity index (χ0v) is 13.5. The van der Waals surface area contributed by atoms with Crippen LogP contribution in [-0.4, -0.2) is 0 Å². The van der Waals surface area contributed by atoms with E-state index >= 15 is 0 Å². The molecule has 0 aliphatic rings. The van der Waals surface area contributed by atoms with Crippen LogP contribution in [0.15, 0.2) is 10.8 Å². The first kappa shape index (κ1) is 14.5. The summed E-state index contributed by atoms with van der Waals surface area (Å²) in [4.78, 5) is 2.16. The van der Waals surface area contributed by atoms with Crippen molar-refractivity contribution in [2.24, 2.45) is 0 Å². The zero-order valence-electron chi connectivity index (χ0n) is 11.9. The number of allylic oxidation sites excluding steroid dienone is 2. The van der Waals surface area contributed by atoms with Crippen LogP contribution in [0.1, 0.15) is 32.0 Å². The Hall–Kier alpha value is -1.88. The van der Waals surface area contributed by atoms with Crippen molar-refractivity contribution in [3.8, 4) is 12.1 Å². The van der Waals surface area contributed by atoms with Crippen LogP contribution < -0.4 is 0 Å². The van der Waals surface area contributed by atoms with E-state index in [-0.39, 0.29) is 0 Å². The highest BCUT2D eigenvalue weighted by Crippen LogP contribution is 2.36. The van der Waals surface area contributed by atoms with Crippen molar-refractivity contribution in [1.82, 2.24) is 0 Å². The second-order valence-electron chi connectivity index (χ2n) is 4.67. The number of rotatable bonds is 2. The fraction of sp³-hybridized carbons (Fsp3) is 0.250. The minimum absolute atomic E-state index is 0.494. The van der Waals surface area contributed by atoms with Gasteiger partial charge in [-0.2, -0.15) is 10.5 Å². The molecule has 2 rings (SSSR count). The first-order valence-corrected chi connectivity index (χ1v) is 7.91. The van der Waals surface area contributed by atoms with E-state index < -0.39 is 0 Å². The Kier molecular flexibility index (Phi) is 4.09.